The number of benzene rings is 1. The summed E-state index contributed by atoms with van der Waals surface area (Å²) < 4.78 is 9.31. The molecule has 7 nitrogen and oxygen atoms in total. The Morgan fingerprint density at radius 3 is 2.42 bits per heavy atom. The van der Waals surface area contributed by atoms with Crippen molar-refractivity contribution in [1.82, 2.24) is 0 Å². The summed E-state index contributed by atoms with van der Waals surface area (Å²) in [5, 5.41) is 16.1. The first-order valence-corrected chi connectivity index (χ1v) is 6.89. The Kier molecular flexibility index (Phi) is 7.04. The van der Waals surface area contributed by atoms with Gasteiger partial charge in [0.25, 0.3) is 0 Å². The van der Waals surface area contributed by atoms with Gasteiger partial charge in [-0.2, -0.15) is 5.26 Å². The number of ketones is 1. The van der Waals surface area contributed by atoms with E-state index in [4.69, 9.17) is 15.4 Å². The average molecular weight is 328 g/mol. The highest BCUT2D eigenvalue weighted by Gasteiger charge is 2.20. The van der Waals surface area contributed by atoms with Crippen molar-refractivity contribution < 1.29 is 23.9 Å². The Balaban J connectivity index is 2.57. The highest BCUT2D eigenvalue weighted by molar-refractivity contribution is 6.06. The lowest BCUT2D eigenvalue weighted by Crippen LogP contribution is -2.25. The number of carbonyl (C=O) groups excluding carboxylic acids is 3. The summed E-state index contributed by atoms with van der Waals surface area (Å²) in [6.45, 7) is 0.768. The van der Waals surface area contributed by atoms with Crippen LogP contribution in [-0.2, 0) is 19.1 Å². The zero-order valence-electron chi connectivity index (χ0n) is 13.2. The molecule has 1 atom stereocenters. The summed E-state index contributed by atoms with van der Waals surface area (Å²) in [4.78, 5) is 34.5. The van der Waals surface area contributed by atoms with Crippen molar-refractivity contribution in [2.75, 3.05) is 13.7 Å². The van der Waals surface area contributed by atoms with Crippen LogP contribution in [0.4, 0.5) is 0 Å². The first-order valence-electron chi connectivity index (χ1n) is 6.89. The Hall–Kier alpha value is -3.27. The zero-order valence-corrected chi connectivity index (χ0v) is 13.2. The molecule has 0 fully saturated rings. The Morgan fingerprint density at radius 1 is 1.29 bits per heavy atom. The number of ether oxygens (including phenoxy) is 2. The SMILES string of the molecule is COC(=O)c1ccc(/C=C/C(=O)OCC(=O)C(C#N)C(C)=N)cc1. The Labute approximate surface area is 139 Å². The van der Waals surface area contributed by atoms with E-state index in [-0.39, 0.29) is 5.71 Å². The largest absolute Gasteiger partial charge is 0.465 e. The quantitative estimate of drug-likeness (QED) is 0.463. The number of rotatable bonds is 7. The first kappa shape index (κ1) is 18.8. The van der Waals surface area contributed by atoms with Crippen molar-refractivity contribution in [2.45, 2.75) is 6.92 Å². The fourth-order valence-electron chi connectivity index (χ4n) is 1.70. The van der Waals surface area contributed by atoms with Crippen molar-refractivity contribution in [3.8, 4) is 6.07 Å². The maximum absolute atomic E-state index is 11.6. The van der Waals surface area contributed by atoms with Crippen molar-refractivity contribution in [2.24, 2.45) is 5.92 Å². The first-order chi connectivity index (χ1) is 11.4. The van der Waals surface area contributed by atoms with Gasteiger partial charge >= 0.3 is 11.9 Å². The Bertz CT molecular complexity index is 713. The van der Waals surface area contributed by atoms with Gasteiger partial charge in [0.1, 0.15) is 5.92 Å². The van der Waals surface area contributed by atoms with Crippen LogP contribution in [0.15, 0.2) is 30.3 Å². The standard InChI is InChI=1S/C17H16N2O5/c1-11(19)14(9-18)15(20)10-24-16(21)8-5-12-3-6-13(7-4-12)17(22)23-2/h3-8,14,19H,10H2,1-2H3/b8-5+,19-11?. The van der Waals surface area contributed by atoms with Crippen LogP contribution in [0.25, 0.3) is 6.08 Å². The number of hydrogen-bond donors (Lipinski definition) is 1. The number of Topliss-reactive ketones (excluding diaryl/α,β-unsaturated/α-hetero) is 1. The number of methoxy groups -OCH3 is 1. The Morgan fingerprint density at radius 2 is 1.92 bits per heavy atom. The van der Waals surface area contributed by atoms with Gasteiger partial charge in [0.2, 0.25) is 0 Å². The maximum atomic E-state index is 11.6. The molecule has 0 amide bonds. The van der Waals surface area contributed by atoms with Gasteiger partial charge in [-0.15, -0.1) is 0 Å². The van der Waals surface area contributed by atoms with Crippen LogP contribution in [-0.4, -0.2) is 37.2 Å². The van der Waals surface area contributed by atoms with Gasteiger partial charge in [-0.25, -0.2) is 9.59 Å². The van der Waals surface area contributed by atoms with Crippen LogP contribution < -0.4 is 0 Å². The van der Waals surface area contributed by atoms with E-state index in [9.17, 15) is 14.4 Å². The molecule has 0 aliphatic heterocycles. The maximum Gasteiger partial charge on any atom is 0.337 e. The molecule has 24 heavy (non-hydrogen) atoms. The monoisotopic (exact) mass is 328 g/mol. The molecule has 7 heteroatoms. The fourth-order valence-corrected chi connectivity index (χ4v) is 1.70. The minimum Gasteiger partial charge on any atom is -0.465 e. The average Bonchev–Trinajstić information content (AvgIpc) is 2.58. The third-order valence-electron chi connectivity index (χ3n) is 2.98. The summed E-state index contributed by atoms with van der Waals surface area (Å²) in [6.07, 6.45) is 2.58. The summed E-state index contributed by atoms with van der Waals surface area (Å²) in [5.74, 6) is -3.06. The van der Waals surface area contributed by atoms with Crippen LogP contribution in [0.1, 0.15) is 22.8 Å². The molecule has 1 N–H and O–H groups in total. The molecule has 1 unspecified atom stereocenters. The van der Waals surface area contributed by atoms with Crippen molar-refractivity contribution in [3.05, 3.63) is 41.5 Å². The van der Waals surface area contributed by atoms with Gasteiger partial charge in [-0.05, 0) is 30.7 Å². The number of esters is 2. The zero-order chi connectivity index (χ0) is 18.1. The molecule has 0 radical (unpaired) electrons. The molecule has 0 saturated carbocycles. The topological polar surface area (TPSA) is 117 Å². The minimum absolute atomic E-state index is 0.0974. The molecule has 0 saturated heterocycles. The summed E-state index contributed by atoms with van der Waals surface area (Å²) in [5.41, 5.74) is 0.934. The van der Waals surface area contributed by atoms with E-state index in [2.05, 4.69) is 4.74 Å². The van der Waals surface area contributed by atoms with E-state index in [1.807, 2.05) is 0 Å². The van der Waals surface area contributed by atoms with E-state index in [0.717, 1.165) is 6.08 Å². The fraction of sp³-hybridized carbons (Fsp3) is 0.235. The lowest BCUT2D eigenvalue weighted by atomic mass is 10.0. The van der Waals surface area contributed by atoms with Gasteiger partial charge in [0, 0.05) is 11.8 Å². The van der Waals surface area contributed by atoms with Crippen LogP contribution in [0.5, 0.6) is 0 Å². The normalized spacial score (nSPS) is 11.4. The third-order valence-corrected chi connectivity index (χ3v) is 2.98. The molecule has 0 spiro atoms. The number of nitriles is 1. The summed E-state index contributed by atoms with van der Waals surface area (Å²) in [6, 6.07) is 8.01. The number of carbonyl (C=O) groups is 3. The molecule has 124 valence electrons. The van der Waals surface area contributed by atoms with E-state index >= 15 is 0 Å². The number of hydrogen-bond acceptors (Lipinski definition) is 7. The van der Waals surface area contributed by atoms with Crippen LogP contribution in [0.3, 0.4) is 0 Å². The van der Waals surface area contributed by atoms with Gasteiger partial charge in [-0.3, -0.25) is 4.79 Å². The lowest BCUT2D eigenvalue weighted by Gasteiger charge is -2.05. The van der Waals surface area contributed by atoms with E-state index in [1.165, 1.54) is 20.1 Å². The third kappa shape index (κ3) is 5.50. The molecular weight excluding hydrogens is 312 g/mol. The van der Waals surface area contributed by atoms with Crippen LogP contribution >= 0.6 is 0 Å². The van der Waals surface area contributed by atoms with Gasteiger partial charge in [0.05, 0.1) is 18.7 Å². The number of nitrogens with zero attached hydrogens (tertiary/aromatic N) is 1. The smallest absolute Gasteiger partial charge is 0.337 e. The molecule has 0 aliphatic carbocycles. The van der Waals surface area contributed by atoms with Gasteiger partial charge in [0.15, 0.2) is 12.4 Å². The second-order valence-electron chi connectivity index (χ2n) is 4.77. The van der Waals surface area contributed by atoms with Crippen molar-refractivity contribution in [1.29, 1.82) is 10.7 Å². The predicted molar refractivity (Wildman–Crippen MR) is 85.3 cm³/mol. The molecule has 1 aromatic carbocycles. The molecule has 0 aromatic heterocycles. The molecule has 0 heterocycles. The molecule has 0 aliphatic rings. The van der Waals surface area contributed by atoms with E-state index in [0.29, 0.717) is 11.1 Å². The highest BCUT2D eigenvalue weighted by atomic mass is 16.5. The van der Waals surface area contributed by atoms with Crippen LogP contribution in [0.2, 0.25) is 0 Å². The van der Waals surface area contributed by atoms with E-state index < -0.39 is 30.2 Å². The lowest BCUT2D eigenvalue weighted by molar-refractivity contribution is -0.143. The minimum atomic E-state index is -1.20. The molecule has 0 bridgehead atoms. The highest BCUT2D eigenvalue weighted by Crippen LogP contribution is 2.07. The molecule has 1 rings (SSSR count). The molecule has 1 aromatic rings. The second-order valence-corrected chi connectivity index (χ2v) is 4.77. The van der Waals surface area contributed by atoms with Gasteiger partial charge in [-0.1, -0.05) is 12.1 Å². The van der Waals surface area contributed by atoms with Crippen molar-refractivity contribution in [3.63, 3.8) is 0 Å². The second kappa shape index (κ2) is 9.00. The predicted octanol–water partition coefficient (Wildman–Crippen LogP) is 1.78. The van der Waals surface area contributed by atoms with Crippen LogP contribution in [0, 0.1) is 22.7 Å². The number of nitrogens with one attached hydrogen (secondary N) is 1. The summed E-state index contributed by atoms with van der Waals surface area (Å²) >= 11 is 0. The van der Waals surface area contributed by atoms with Gasteiger partial charge < -0.3 is 14.9 Å². The molecular formula is C17H16N2O5. The van der Waals surface area contributed by atoms with Crippen molar-refractivity contribution >= 4 is 29.5 Å². The van der Waals surface area contributed by atoms with E-state index in [1.54, 1.807) is 30.3 Å². The summed E-state index contributed by atoms with van der Waals surface area (Å²) in [7, 11) is 1.28.